The van der Waals surface area contributed by atoms with Gasteiger partial charge in [0.05, 0.1) is 10.6 Å². The molecule has 2 heterocycles. The number of benzene rings is 1. The molecule has 9 nitrogen and oxygen atoms in total. The van der Waals surface area contributed by atoms with Gasteiger partial charge in [0.15, 0.2) is 17.6 Å². The lowest BCUT2D eigenvalue weighted by Gasteiger charge is -2.06. The van der Waals surface area contributed by atoms with Crippen molar-refractivity contribution in [2.75, 3.05) is 5.32 Å². The number of nitro benzene ring substituents is 1. The molecule has 0 unspecified atom stereocenters. The maximum absolute atomic E-state index is 13.3. The van der Waals surface area contributed by atoms with E-state index in [9.17, 15) is 19.3 Å². The first-order valence-electron chi connectivity index (χ1n) is 7.69. The van der Waals surface area contributed by atoms with E-state index in [4.69, 9.17) is 4.74 Å². The second kappa shape index (κ2) is 7.50. The van der Waals surface area contributed by atoms with Crippen LogP contribution in [0.25, 0.3) is 0 Å². The van der Waals surface area contributed by atoms with E-state index >= 15 is 0 Å². The second-order valence-electron chi connectivity index (χ2n) is 5.50. The number of hydrogen-bond acceptors (Lipinski definition) is 7. The number of carbonyl (C=O) groups excluding carboxylic acids is 1. The third-order valence-corrected chi connectivity index (χ3v) is 4.58. The van der Waals surface area contributed by atoms with E-state index in [-0.39, 0.29) is 23.9 Å². The Bertz CT molecular complexity index is 997. The van der Waals surface area contributed by atoms with Gasteiger partial charge in [0.1, 0.15) is 5.82 Å². The van der Waals surface area contributed by atoms with Crippen molar-refractivity contribution in [2.24, 2.45) is 0 Å². The summed E-state index contributed by atoms with van der Waals surface area (Å²) in [4.78, 5) is 27.7. The molecule has 0 aliphatic heterocycles. The predicted molar refractivity (Wildman–Crippen MR) is 95.5 cm³/mol. The van der Waals surface area contributed by atoms with Crippen LogP contribution in [0.2, 0.25) is 0 Å². The minimum absolute atomic E-state index is 0.123. The van der Waals surface area contributed by atoms with Crippen LogP contribution in [0.4, 0.5) is 15.2 Å². The van der Waals surface area contributed by atoms with Gasteiger partial charge in [-0.05, 0) is 26.0 Å². The summed E-state index contributed by atoms with van der Waals surface area (Å²) in [5, 5.41) is 18.1. The Balaban J connectivity index is 1.67. The maximum Gasteiger partial charge on any atom is 0.311 e. The van der Waals surface area contributed by atoms with Gasteiger partial charge in [0, 0.05) is 23.2 Å². The fraction of sp³-hybridized carbons (Fsp3) is 0.188. The quantitative estimate of drug-likeness (QED) is 0.510. The van der Waals surface area contributed by atoms with Gasteiger partial charge in [-0.3, -0.25) is 20.2 Å². The van der Waals surface area contributed by atoms with Gasteiger partial charge in [-0.25, -0.2) is 14.1 Å². The van der Waals surface area contributed by atoms with Crippen molar-refractivity contribution in [1.82, 2.24) is 14.8 Å². The van der Waals surface area contributed by atoms with E-state index in [1.54, 1.807) is 0 Å². The van der Waals surface area contributed by atoms with E-state index in [2.05, 4.69) is 15.4 Å². The fourth-order valence-corrected chi connectivity index (χ4v) is 2.94. The van der Waals surface area contributed by atoms with Crippen LogP contribution in [0, 0.1) is 29.8 Å². The molecule has 140 valence electrons. The van der Waals surface area contributed by atoms with Crippen molar-refractivity contribution >= 4 is 28.1 Å². The summed E-state index contributed by atoms with van der Waals surface area (Å²) in [5.41, 5.74) is 0.597. The van der Waals surface area contributed by atoms with Crippen LogP contribution in [-0.2, 0) is 6.73 Å². The lowest BCUT2D eigenvalue weighted by atomic mass is 10.3. The molecule has 0 aliphatic carbocycles. The molecule has 11 heteroatoms. The van der Waals surface area contributed by atoms with Gasteiger partial charge in [-0.15, -0.1) is 11.3 Å². The zero-order valence-electron chi connectivity index (χ0n) is 14.3. The molecule has 0 fully saturated rings. The van der Waals surface area contributed by atoms with Crippen LogP contribution in [-0.4, -0.2) is 25.6 Å². The Morgan fingerprint density at radius 3 is 2.85 bits per heavy atom. The van der Waals surface area contributed by atoms with Crippen molar-refractivity contribution < 1.29 is 18.8 Å². The summed E-state index contributed by atoms with van der Waals surface area (Å²) in [6, 6.07) is 4.38. The number of aryl methyl sites for hydroxylation is 2. The van der Waals surface area contributed by atoms with Crippen LogP contribution in [0.3, 0.4) is 0 Å². The average molecular weight is 391 g/mol. The lowest BCUT2D eigenvalue weighted by Crippen LogP contribution is -2.14. The third-order valence-electron chi connectivity index (χ3n) is 3.59. The highest BCUT2D eigenvalue weighted by Crippen LogP contribution is 2.27. The van der Waals surface area contributed by atoms with Crippen LogP contribution in [0.1, 0.15) is 21.1 Å². The molecule has 1 aromatic carbocycles. The Labute approximate surface area is 156 Å². The van der Waals surface area contributed by atoms with Crippen molar-refractivity contribution in [3.63, 3.8) is 0 Å². The number of amides is 1. The first-order chi connectivity index (χ1) is 12.8. The van der Waals surface area contributed by atoms with E-state index < -0.39 is 16.6 Å². The second-order valence-corrected chi connectivity index (χ2v) is 6.70. The zero-order valence-corrected chi connectivity index (χ0v) is 15.1. The highest BCUT2D eigenvalue weighted by molar-refractivity contribution is 7.15. The number of nitrogens with zero attached hydrogens (tertiary/aromatic N) is 4. The molecular formula is C16H14FN5O4S. The first-order valence-corrected chi connectivity index (χ1v) is 8.50. The van der Waals surface area contributed by atoms with E-state index in [0.717, 1.165) is 28.8 Å². The first kappa shape index (κ1) is 18.5. The van der Waals surface area contributed by atoms with Gasteiger partial charge in [0.2, 0.25) is 5.75 Å². The smallest absolute Gasteiger partial charge is 0.311 e. The van der Waals surface area contributed by atoms with Crippen molar-refractivity contribution in [3.8, 4) is 5.75 Å². The Morgan fingerprint density at radius 2 is 2.19 bits per heavy atom. The summed E-state index contributed by atoms with van der Waals surface area (Å²) in [5.74, 6) is -1.33. The molecule has 3 aromatic rings. The largest absolute Gasteiger partial charge is 0.464 e. The summed E-state index contributed by atoms with van der Waals surface area (Å²) in [7, 11) is 0. The molecular weight excluding hydrogens is 377 g/mol. The van der Waals surface area contributed by atoms with Crippen LogP contribution >= 0.6 is 11.3 Å². The molecule has 0 aliphatic rings. The molecule has 0 saturated heterocycles. The number of carbonyl (C=O) groups is 1. The van der Waals surface area contributed by atoms with E-state index in [1.807, 2.05) is 13.8 Å². The molecule has 0 saturated carbocycles. The molecule has 0 spiro atoms. The van der Waals surface area contributed by atoms with Crippen LogP contribution < -0.4 is 10.1 Å². The molecule has 3 rings (SSSR count). The summed E-state index contributed by atoms with van der Waals surface area (Å²) >= 11 is 1.36. The molecule has 2 aromatic heterocycles. The number of anilines is 1. The third kappa shape index (κ3) is 4.26. The Hall–Kier alpha value is -3.34. The standard InChI is InChI=1S/C16H14FN5O4S/c1-9-10(2)27-16(18-9)19-15(23)12-5-6-21(20-12)8-26-14-7-11(17)3-4-13(14)22(24)25/h3-7H,8H2,1-2H3,(H,18,19,23). The summed E-state index contributed by atoms with van der Waals surface area (Å²) < 4.78 is 19.8. The Morgan fingerprint density at radius 1 is 1.41 bits per heavy atom. The monoisotopic (exact) mass is 391 g/mol. The summed E-state index contributed by atoms with van der Waals surface area (Å²) in [6.07, 6.45) is 1.47. The van der Waals surface area contributed by atoms with Gasteiger partial charge in [-0.2, -0.15) is 5.10 Å². The maximum atomic E-state index is 13.3. The number of aromatic nitrogens is 3. The topological polar surface area (TPSA) is 112 Å². The minimum atomic E-state index is -0.672. The SMILES string of the molecule is Cc1nc(NC(=O)c2ccn(COc3cc(F)ccc3[N+](=O)[O-])n2)sc1C. The number of ether oxygens (including phenoxy) is 1. The van der Waals surface area contributed by atoms with Crippen molar-refractivity contribution in [1.29, 1.82) is 0 Å². The van der Waals surface area contributed by atoms with Crippen molar-refractivity contribution in [2.45, 2.75) is 20.6 Å². The molecule has 1 N–H and O–H groups in total. The lowest BCUT2D eigenvalue weighted by molar-refractivity contribution is -0.386. The normalized spacial score (nSPS) is 10.6. The highest BCUT2D eigenvalue weighted by Gasteiger charge is 2.17. The Kier molecular flexibility index (Phi) is 5.12. The molecule has 0 bridgehead atoms. The van der Waals surface area contributed by atoms with Gasteiger partial charge < -0.3 is 4.74 Å². The number of hydrogen-bond donors (Lipinski definition) is 1. The van der Waals surface area contributed by atoms with E-state index in [0.29, 0.717) is 5.13 Å². The molecule has 1 amide bonds. The zero-order chi connectivity index (χ0) is 19.6. The number of rotatable bonds is 6. The number of nitro groups is 1. The molecule has 0 radical (unpaired) electrons. The van der Waals surface area contributed by atoms with Gasteiger partial charge in [0.25, 0.3) is 5.91 Å². The minimum Gasteiger partial charge on any atom is -0.464 e. The summed E-state index contributed by atoms with van der Waals surface area (Å²) in [6.45, 7) is 3.52. The van der Waals surface area contributed by atoms with Gasteiger partial charge in [-0.1, -0.05) is 0 Å². The highest BCUT2D eigenvalue weighted by atomic mass is 32.1. The predicted octanol–water partition coefficient (Wildman–Crippen LogP) is 3.29. The number of halogens is 1. The molecule has 27 heavy (non-hydrogen) atoms. The average Bonchev–Trinajstić information content (AvgIpc) is 3.20. The number of nitrogens with one attached hydrogen (secondary N) is 1. The molecule has 0 atom stereocenters. The van der Waals surface area contributed by atoms with Gasteiger partial charge >= 0.3 is 5.69 Å². The fourth-order valence-electron chi connectivity index (χ4n) is 2.13. The van der Waals surface area contributed by atoms with Crippen LogP contribution in [0.5, 0.6) is 5.75 Å². The van der Waals surface area contributed by atoms with Crippen molar-refractivity contribution in [3.05, 3.63) is 62.7 Å². The van der Waals surface area contributed by atoms with Crippen LogP contribution in [0.15, 0.2) is 30.5 Å². The van der Waals surface area contributed by atoms with E-state index in [1.165, 1.54) is 28.3 Å². The number of thiazole rings is 1.